The van der Waals surface area contributed by atoms with E-state index in [0.717, 1.165) is 48.2 Å². The van der Waals surface area contributed by atoms with Gasteiger partial charge in [-0.3, -0.25) is 4.90 Å². The standard InChI is InChI=1S/C22H29N5OS/c1-5-7-16-9-10-17(29-16)14-27-11-6-8-19(27)21-18(20-12-15(2)25-28-20)13-23-22(24-21)26(3)4/h9-10,12-13,19H,5-8,11,14H2,1-4H3. The number of aromatic nitrogens is 3. The van der Waals surface area contributed by atoms with Crippen LogP contribution in [0.3, 0.4) is 0 Å². The highest BCUT2D eigenvalue weighted by molar-refractivity contribution is 7.11. The molecule has 0 saturated carbocycles. The fourth-order valence-corrected chi connectivity index (χ4v) is 5.09. The summed E-state index contributed by atoms with van der Waals surface area (Å²) < 4.78 is 5.57. The Kier molecular flexibility index (Phi) is 5.96. The number of thiophene rings is 1. The van der Waals surface area contributed by atoms with Crippen LogP contribution in [0.15, 0.2) is 28.9 Å². The highest BCUT2D eigenvalue weighted by atomic mass is 32.1. The largest absolute Gasteiger partial charge is 0.356 e. The third-order valence-corrected chi connectivity index (χ3v) is 6.48. The Morgan fingerprint density at radius 3 is 2.83 bits per heavy atom. The van der Waals surface area contributed by atoms with Gasteiger partial charge in [0, 0.05) is 42.7 Å². The first kappa shape index (κ1) is 20.0. The molecule has 1 aliphatic heterocycles. The average Bonchev–Trinajstić information content (AvgIpc) is 3.44. The zero-order valence-corrected chi connectivity index (χ0v) is 18.5. The summed E-state index contributed by atoms with van der Waals surface area (Å²) in [6.07, 6.45) is 6.52. The molecule has 1 atom stereocenters. The van der Waals surface area contributed by atoms with Gasteiger partial charge in [-0.05, 0) is 44.9 Å². The van der Waals surface area contributed by atoms with E-state index in [4.69, 9.17) is 9.51 Å². The van der Waals surface area contributed by atoms with Crippen molar-refractivity contribution in [1.82, 2.24) is 20.0 Å². The molecule has 154 valence electrons. The molecule has 7 heteroatoms. The zero-order valence-electron chi connectivity index (χ0n) is 17.7. The minimum atomic E-state index is 0.258. The van der Waals surface area contributed by atoms with Crippen LogP contribution in [0.4, 0.5) is 5.95 Å². The lowest BCUT2D eigenvalue weighted by molar-refractivity contribution is 0.246. The Hall–Kier alpha value is -2.25. The van der Waals surface area contributed by atoms with Crippen molar-refractivity contribution in [2.75, 3.05) is 25.5 Å². The maximum atomic E-state index is 5.57. The Labute approximate surface area is 176 Å². The van der Waals surface area contributed by atoms with Crippen LogP contribution >= 0.6 is 11.3 Å². The van der Waals surface area contributed by atoms with Gasteiger partial charge in [-0.25, -0.2) is 9.97 Å². The second-order valence-corrected chi connectivity index (χ2v) is 9.20. The average molecular weight is 412 g/mol. The molecule has 1 unspecified atom stereocenters. The van der Waals surface area contributed by atoms with Gasteiger partial charge < -0.3 is 9.42 Å². The molecular weight excluding hydrogens is 382 g/mol. The monoisotopic (exact) mass is 411 g/mol. The third-order valence-electron chi connectivity index (χ3n) is 5.35. The van der Waals surface area contributed by atoms with E-state index in [2.05, 4.69) is 34.1 Å². The summed E-state index contributed by atoms with van der Waals surface area (Å²) in [5.41, 5.74) is 2.86. The van der Waals surface area contributed by atoms with Crippen LogP contribution in [-0.4, -0.2) is 40.7 Å². The molecule has 1 saturated heterocycles. The molecule has 6 nitrogen and oxygen atoms in total. The molecule has 0 radical (unpaired) electrons. The molecule has 1 fully saturated rings. The number of hydrogen-bond donors (Lipinski definition) is 0. The number of hydrogen-bond acceptors (Lipinski definition) is 7. The van der Waals surface area contributed by atoms with Crippen LogP contribution in [0.2, 0.25) is 0 Å². The van der Waals surface area contributed by atoms with Crippen molar-refractivity contribution in [3.63, 3.8) is 0 Å². The van der Waals surface area contributed by atoms with Crippen LogP contribution in [-0.2, 0) is 13.0 Å². The molecule has 0 N–H and O–H groups in total. The summed E-state index contributed by atoms with van der Waals surface area (Å²) in [4.78, 5) is 16.9. The Bertz CT molecular complexity index is 964. The second kappa shape index (κ2) is 8.63. The second-order valence-electron chi connectivity index (χ2n) is 7.94. The van der Waals surface area contributed by atoms with Gasteiger partial charge in [0.2, 0.25) is 5.95 Å². The summed E-state index contributed by atoms with van der Waals surface area (Å²) in [7, 11) is 3.95. The summed E-state index contributed by atoms with van der Waals surface area (Å²) in [6, 6.07) is 6.80. The van der Waals surface area contributed by atoms with E-state index in [1.54, 1.807) is 0 Å². The molecule has 0 bridgehead atoms. The minimum absolute atomic E-state index is 0.258. The number of rotatable bonds is 7. The summed E-state index contributed by atoms with van der Waals surface area (Å²) >= 11 is 1.94. The smallest absolute Gasteiger partial charge is 0.225 e. The van der Waals surface area contributed by atoms with E-state index >= 15 is 0 Å². The van der Waals surface area contributed by atoms with E-state index in [1.165, 1.54) is 29.0 Å². The molecular formula is C22H29N5OS. The first-order valence-corrected chi connectivity index (χ1v) is 11.2. The predicted octanol–water partition coefficient (Wildman–Crippen LogP) is 4.86. The van der Waals surface area contributed by atoms with E-state index in [0.29, 0.717) is 0 Å². The highest BCUT2D eigenvalue weighted by Gasteiger charge is 2.31. The summed E-state index contributed by atoms with van der Waals surface area (Å²) in [5, 5.41) is 4.07. The topological polar surface area (TPSA) is 58.3 Å². The summed E-state index contributed by atoms with van der Waals surface area (Å²) in [5.74, 6) is 1.48. The van der Waals surface area contributed by atoms with Crippen molar-refractivity contribution in [2.45, 2.75) is 52.1 Å². The van der Waals surface area contributed by atoms with Crippen LogP contribution in [0, 0.1) is 6.92 Å². The number of likely N-dealkylation sites (tertiary alicyclic amines) is 1. The van der Waals surface area contributed by atoms with Crippen molar-refractivity contribution < 1.29 is 4.52 Å². The molecule has 0 amide bonds. The number of nitrogens with zero attached hydrogens (tertiary/aromatic N) is 5. The van der Waals surface area contributed by atoms with E-state index < -0.39 is 0 Å². The van der Waals surface area contributed by atoms with Crippen molar-refractivity contribution in [3.05, 3.63) is 45.5 Å². The first-order valence-electron chi connectivity index (χ1n) is 10.3. The lowest BCUT2D eigenvalue weighted by Gasteiger charge is -2.25. The minimum Gasteiger partial charge on any atom is -0.356 e. The van der Waals surface area contributed by atoms with Gasteiger partial charge in [0.25, 0.3) is 0 Å². The van der Waals surface area contributed by atoms with Gasteiger partial charge in [0.1, 0.15) is 0 Å². The molecule has 3 aromatic heterocycles. The van der Waals surface area contributed by atoms with E-state index in [1.807, 2.05) is 49.5 Å². The fraction of sp³-hybridized carbons (Fsp3) is 0.500. The van der Waals surface area contributed by atoms with Gasteiger partial charge in [-0.15, -0.1) is 11.3 Å². The highest BCUT2D eigenvalue weighted by Crippen LogP contribution is 2.38. The maximum absolute atomic E-state index is 5.57. The fourth-order valence-electron chi connectivity index (χ4n) is 3.95. The zero-order chi connectivity index (χ0) is 20.4. The summed E-state index contributed by atoms with van der Waals surface area (Å²) in [6.45, 7) is 6.23. The SMILES string of the molecule is CCCc1ccc(CN2CCCC2c2nc(N(C)C)ncc2-c2cc(C)no2)s1. The predicted molar refractivity (Wildman–Crippen MR) is 117 cm³/mol. The van der Waals surface area contributed by atoms with Crippen molar-refractivity contribution >= 4 is 17.3 Å². The van der Waals surface area contributed by atoms with E-state index in [9.17, 15) is 0 Å². The third kappa shape index (κ3) is 4.36. The van der Waals surface area contributed by atoms with Gasteiger partial charge >= 0.3 is 0 Å². The Balaban J connectivity index is 1.66. The first-order chi connectivity index (χ1) is 14.0. The van der Waals surface area contributed by atoms with E-state index in [-0.39, 0.29) is 6.04 Å². The lowest BCUT2D eigenvalue weighted by Crippen LogP contribution is -2.24. The molecule has 1 aliphatic rings. The Morgan fingerprint density at radius 2 is 2.10 bits per heavy atom. The normalized spacial score (nSPS) is 17.2. The molecule has 4 rings (SSSR count). The van der Waals surface area contributed by atoms with Crippen LogP contribution in [0.1, 0.15) is 53.4 Å². The lowest BCUT2D eigenvalue weighted by atomic mass is 10.0. The quantitative estimate of drug-likeness (QED) is 0.553. The number of anilines is 1. The molecule has 0 aliphatic carbocycles. The van der Waals surface area contributed by atoms with Crippen LogP contribution in [0.25, 0.3) is 11.3 Å². The molecule has 29 heavy (non-hydrogen) atoms. The van der Waals surface area contributed by atoms with Gasteiger partial charge in [-0.2, -0.15) is 0 Å². The van der Waals surface area contributed by atoms with Crippen LogP contribution in [0.5, 0.6) is 0 Å². The maximum Gasteiger partial charge on any atom is 0.225 e. The molecule has 0 aromatic carbocycles. The molecule has 3 aromatic rings. The van der Waals surface area contributed by atoms with Crippen molar-refractivity contribution in [3.8, 4) is 11.3 Å². The van der Waals surface area contributed by atoms with Crippen LogP contribution < -0.4 is 4.90 Å². The van der Waals surface area contributed by atoms with Crippen molar-refractivity contribution in [2.24, 2.45) is 0 Å². The van der Waals surface area contributed by atoms with Gasteiger partial charge in [0.15, 0.2) is 5.76 Å². The Morgan fingerprint density at radius 1 is 1.28 bits per heavy atom. The van der Waals surface area contributed by atoms with Crippen molar-refractivity contribution in [1.29, 1.82) is 0 Å². The van der Waals surface area contributed by atoms with Gasteiger partial charge in [0.05, 0.1) is 23.0 Å². The molecule has 0 spiro atoms. The van der Waals surface area contributed by atoms with Gasteiger partial charge in [-0.1, -0.05) is 18.5 Å². The molecule has 4 heterocycles. The number of aryl methyl sites for hydroxylation is 2.